The number of pyridine rings is 1. The number of aromatic nitrogens is 1. The number of nitrogens with zero attached hydrogens (tertiary/aromatic N) is 4. The molecular weight excluding hydrogens is 336 g/mol. The van der Waals surface area contributed by atoms with Gasteiger partial charge in [0.15, 0.2) is 0 Å². The van der Waals surface area contributed by atoms with E-state index in [1.54, 1.807) is 12.1 Å². The van der Waals surface area contributed by atoms with Crippen LogP contribution in [0, 0.1) is 11.3 Å². The first-order chi connectivity index (χ1) is 11.8. The number of piperazine rings is 1. The van der Waals surface area contributed by atoms with Gasteiger partial charge in [-0.05, 0) is 45.0 Å². The van der Waals surface area contributed by atoms with E-state index in [9.17, 15) is 10.4 Å². The highest BCUT2D eigenvalue weighted by Gasteiger charge is 2.28. The van der Waals surface area contributed by atoms with Crippen LogP contribution in [0.2, 0.25) is 5.02 Å². The Balaban J connectivity index is 1.88. The Morgan fingerprint density at radius 3 is 2.76 bits per heavy atom. The lowest BCUT2D eigenvalue weighted by Crippen LogP contribution is -2.55. The number of benzene rings is 1. The Morgan fingerprint density at radius 2 is 2.12 bits per heavy atom. The molecule has 0 amide bonds. The Morgan fingerprint density at radius 1 is 1.36 bits per heavy atom. The third-order valence-electron chi connectivity index (χ3n) is 4.49. The molecule has 2 aromatic rings. The monoisotopic (exact) mass is 358 g/mol. The minimum Gasteiger partial charge on any atom is -0.389 e. The number of aliphatic hydroxyl groups is 1. The molecular formula is C19H23ClN4O. The van der Waals surface area contributed by atoms with Crippen molar-refractivity contribution in [3.8, 4) is 6.07 Å². The van der Waals surface area contributed by atoms with Gasteiger partial charge in [-0.2, -0.15) is 5.26 Å². The maximum atomic E-state index is 10.0. The summed E-state index contributed by atoms with van der Waals surface area (Å²) in [6.45, 7) is 8.99. The molecule has 1 atom stereocenters. The fourth-order valence-electron chi connectivity index (χ4n) is 3.49. The van der Waals surface area contributed by atoms with E-state index in [0.717, 1.165) is 36.4 Å². The number of hydrogen-bond donors (Lipinski definition) is 1. The molecule has 0 radical (unpaired) electrons. The van der Waals surface area contributed by atoms with Gasteiger partial charge in [-0.15, -0.1) is 0 Å². The number of rotatable bonds is 3. The molecule has 2 heterocycles. The van der Waals surface area contributed by atoms with Gasteiger partial charge in [0.05, 0.1) is 22.8 Å². The van der Waals surface area contributed by atoms with E-state index >= 15 is 0 Å². The van der Waals surface area contributed by atoms with Gasteiger partial charge in [0, 0.05) is 42.6 Å². The molecule has 0 saturated carbocycles. The van der Waals surface area contributed by atoms with Crippen molar-refractivity contribution in [2.24, 2.45) is 0 Å². The maximum absolute atomic E-state index is 10.0. The number of β-amino-alcohol motifs (C(OH)–C–C–N with tert-alkyl or cyclic N) is 1. The van der Waals surface area contributed by atoms with E-state index in [4.69, 9.17) is 16.6 Å². The van der Waals surface area contributed by atoms with Gasteiger partial charge in [-0.3, -0.25) is 4.90 Å². The quantitative estimate of drug-likeness (QED) is 0.913. The second-order valence-electron chi connectivity index (χ2n) is 7.39. The van der Waals surface area contributed by atoms with Gasteiger partial charge in [0.1, 0.15) is 5.82 Å². The van der Waals surface area contributed by atoms with Gasteiger partial charge in [0.2, 0.25) is 0 Å². The van der Waals surface area contributed by atoms with E-state index in [2.05, 4.69) is 22.8 Å². The van der Waals surface area contributed by atoms with Crippen LogP contribution in [0.15, 0.2) is 24.3 Å². The number of anilines is 1. The van der Waals surface area contributed by atoms with Crippen LogP contribution in [-0.4, -0.2) is 52.8 Å². The van der Waals surface area contributed by atoms with Crippen molar-refractivity contribution in [1.29, 1.82) is 5.26 Å². The topological polar surface area (TPSA) is 63.4 Å². The van der Waals surface area contributed by atoms with Crippen LogP contribution in [-0.2, 0) is 0 Å². The summed E-state index contributed by atoms with van der Waals surface area (Å²) in [5.41, 5.74) is 0.675. The van der Waals surface area contributed by atoms with Gasteiger partial charge < -0.3 is 10.0 Å². The van der Waals surface area contributed by atoms with Crippen LogP contribution in [0.25, 0.3) is 10.9 Å². The molecule has 6 heteroatoms. The van der Waals surface area contributed by atoms with Crippen molar-refractivity contribution < 1.29 is 5.11 Å². The number of hydrogen-bond acceptors (Lipinski definition) is 5. The standard InChI is InChI=1S/C19H23ClN4O/c1-13-11-23(12-19(2,3)25)6-7-24(13)18-8-14(10-21)16-9-15(20)4-5-17(16)22-18/h4-5,8-9,13,25H,6-7,11-12H2,1-3H3. The molecule has 1 saturated heterocycles. The lowest BCUT2D eigenvalue weighted by Gasteiger charge is -2.42. The molecule has 1 aromatic carbocycles. The fourth-order valence-corrected chi connectivity index (χ4v) is 3.66. The average molecular weight is 359 g/mol. The zero-order valence-electron chi connectivity index (χ0n) is 14.8. The number of fused-ring (bicyclic) bond motifs is 1. The summed E-state index contributed by atoms with van der Waals surface area (Å²) in [6.07, 6.45) is 0. The Kier molecular flexibility index (Phi) is 4.88. The smallest absolute Gasteiger partial charge is 0.130 e. The molecule has 0 aliphatic carbocycles. The number of nitriles is 1. The maximum Gasteiger partial charge on any atom is 0.130 e. The van der Waals surface area contributed by atoms with Crippen molar-refractivity contribution in [3.63, 3.8) is 0 Å². The summed E-state index contributed by atoms with van der Waals surface area (Å²) in [7, 11) is 0. The third-order valence-corrected chi connectivity index (χ3v) is 4.73. The summed E-state index contributed by atoms with van der Waals surface area (Å²) in [5, 5.41) is 20.9. The predicted molar refractivity (Wildman–Crippen MR) is 101 cm³/mol. The van der Waals surface area contributed by atoms with Crippen molar-refractivity contribution in [3.05, 3.63) is 34.9 Å². The highest BCUT2D eigenvalue weighted by molar-refractivity contribution is 6.31. The lowest BCUT2D eigenvalue weighted by molar-refractivity contribution is 0.0307. The van der Waals surface area contributed by atoms with Crippen molar-refractivity contribution in [2.75, 3.05) is 31.1 Å². The van der Waals surface area contributed by atoms with Gasteiger partial charge in [0.25, 0.3) is 0 Å². The SMILES string of the molecule is CC1CN(CC(C)(C)O)CCN1c1cc(C#N)c2cc(Cl)ccc2n1. The second-order valence-corrected chi connectivity index (χ2v) is 7.83. The Labute approximate surface area is 153 Å². The molecule has 1 N–H and O–H groups in total. The van der Waals surface area contributed by atoms with E-state index in [0.29, 0.717) is 17.1 Å². The molecule has 0 bridgehead atoms. The van der Waals surface area contributed by atoms with E-state index in [-0.39, 0.29) is 6.04 Å². The molecule has 1 unspecified atom stereocenters. The third kappa shape index (κ3) is 4.04. The molecule has 1 fully saturated rings. The van der Waals surface area contributed by atoms with Crippen LogP contribution in [0.1, 0.15) is 26.3 Å². The molecule has 3 rings (SSSR count). The van der Waals surface area contributed by atoms with E-state index in [1.807, 2.05) is 26.0 Å². The molecule has 25 heavy (non-hydrogen) atoms. The highest BCUT2D eigenvalue weighted by atomic mass is 35.5. The molecule has 0 spiro atoms. The summed E-state index contributed by atoms with van der Waals surface area (Å²) in [5.74, 6) is 0.821. The highest BCUT2D eigenvalue weighted by Crippen LogP contribution is 2.27. The molecule has 1 aromatic heterocycles. The normalized spacial score (nSPS) is 19.2. The van der Waals surface area contributed by atoms with Crippen molar-refractivity contribution in [2.45, 2.75) is 32.4 Å². The minimum absolute atomic E-state index is 0.250. The Bertz CT molecular complexity index is 825. The zero-order valence-corrected chi connectivity index (χ0v) is 15.6. The van der Waals surface area contributed by atoms with Crippen LogP contribution >= 0.6 is 11.6 Å². The fraction of sp³-hybridized carbons (Fsp3) is 0.474. The Hall–Kier alpha value is -1.87. The van der Waals surface area contributed by atoms with Gasteiger partial charge in [-0.25, -0.2) is 4.98 Å². The zero-order chi connectivity index (χ0) is 18.2. The minimum atomic E-state index is -0.698. The number of halogens is 1. The molecule has 1 aliphatic rings. The van der Waals surface area contributed by atoms with Crippen LogP contribution in [0.3, 0.4) is 0 Å². The first kappa shape index (κ1) is 17.9. The van der Waals surface area contributed by atoms with Crippen molar-refractivity contribution in [1.82, 2.24) is 9.88 Å². The summed E-state index contributed by atoms with van der Waals surface area (Å²) < 4.78 is 0. The largest absolute Gasteiger partial charge is 0.389 e. The average Bonchev–Trinajstić information content (AvgIpc) is 2.52. The first-order valence-electron chi connectivity index (χ1n) is 8.48. The summed E-state index contributed by atoms with van der Waals surface area (Å²) in [4.78, 5) is 9.25. The van der Waals surface area contributed by atoms with E-state index in [1.165, 1.54) is 0 Å². The first-order valence-corrected chi connectivity index (χ1v) is 8.86. The predicted octanol–water partition coefficient (Wildman–Crippen LogP) is 3.04. The van der Waals surface area contributed by atoms with E-state index < -0.39 is 5.60 Å². The lowest BCUT2D eigenvalue weighted by atomic mass is 10.1. The molecule has 1 aliphatic heterocycles. The molecule has 5 nitrogen and oxygen atoms in total. The second kappa shape index (κ2) is 6.80. The van der Waals surface area contributed by atoms with Crippen LogP contribution in [0.4, 0.5) is 5.82 Å². The van der Waals surface area contributed by atoms with Crippen molar-refractivity contribution >= 4 is 28.3 Å². The van der Waals surface area contributed by atoms with Crippen LogP contribution in [0.5, 0.6) is 0 Å². The summed E-state index contributed by atoms with van der Waals surface area (Å²) in [6, 6.07) is 9.81. The van der Waals surface area contributed by atoms with Gasteiger partial charge in [-0.1, -0.05) is 11.6 Å². The van der Waals surface area contributed by atoms with Gasteiger partial charge >= 0.3 is 0 Å². The summed E-state index contributed by atoms with van der Waals surface area (Å²) >= 11 is 6.05. The van der Waals surface area contributed by atoms with Crippen LogP contribution < -0.4 is 4.90 Å². The molecule has 132 valence electrons.